The molecule has 1 rings (SSSR count). The first-order valence-electron chi connectivity index (χ1n) is 7.34. The molecule has 0 aliphatic rings. The second-order valence-electron chi connectivity index (χ2n) is 4.55. The summed E-state index contributed by atoms with van der Waals surface area (Å²) < 4.78 is 10.0. The molecule has 1 aromatic rings. The Balaban J connectivity index is 2.44. The number of carbonyl (C=O) groups is 2. The lowest BCUT2D eigenvalue weighted by molar-refractivity contribution is -0.142. The molecule has 0 saturated heterocycles. The van der Waals surface area contributed by atoms with Crippen molar-refractivity contribution in [2.45, 2.75) is 33.1 Å². The number of benzene rings is 1. The lowest BCUT2D eigenvalue weighted by Gasteiger charge is -2.08. The maximum absolute atomic E-state index is 11.8. The summed E-state index contributed by atoms with van der Waals surface area (Å²) in [7, 11) is 0. The van der Waals surface area contributed by atoms with Gasteiger partial charge in [-0.2, -0.15) is 0 Å². The van der Waals surface area contributed by atoms with E-state index in [0.29, 0.717) is 31.7 Å². The molecule has 21 heavy (non-hydrogen) atoms. The third-order valence-corrected chi connectivity index (χ3v) is 2.79. The maximum Gasteiger partial charge on any atom is 0.338 e. The van der Waals surface area contributed by atoms with Crippen LogP contribution in [0.3, 0.4) is 0 Å². The van der Waals surface area contributed by atoms with Gasteiger partial charge < -0.3 is 14.8 Å². The standard InChI is InChI=1S/C16H23NO4/c1-3-5-11-21-16(19)13-7-6-8-14(12-13)17-10-9-15(18)20-4-2/h6-8,12,17H,3-5,9-11H2,1-2H3. The highest BCUT2D eigenvalue weighted by atomic mass is 16.5. The lowest BCUT2D eigenvalue weighted by atomic mass is 10.2. The van der Waals surface area contributed by atoms with Crippen LogP contribution in [0.15, 0.2) is 24.3 Å². The number of unbranched alkanes of at least 4 members (excludes halogenated alkanes) is 1. The molecule has 5 nitrogen and oxygen atoms in total. The quantitative estimate of drug-likeness (QED) is 0.560. The molecule has 0 bridgehead atoms. The van der Waals surface area contributed by atoms with Gasteiger partial charge in [0.15, 0.2) is 0 Å². The minimum atomic E-state index is -0.322. The van der Waals surface area contributed by atoms with Crippen LogP contribution < -0.4 is 5.32 Å². The Morgan fingerprint density at radius 1 is 1.19 bits per heavy atom. The molecule has 0 radical (unpaired) electrons. The molecule has 1 aromatic carbocycles. The average Bonchev–Trinajstić information content (AvgIpc) is 2.48. The number of esters is 2. The highest BCUT2D eigenvalue weighted by Crippen LogP contribution is 2.12. The van der Waals surface area contributed by atoms with Crippen LogP contribution in [0.4, 0.5) is 5.69 Å². The van der Waals surface area contributed by atoms with Gasteiger partial charge in [-0.15, -0.1) is 0 Å². The summed E-state index contributed by atoms with van der Waals surface area (Å²) in [5.41, 5.74) is 1.29. The second-order valence-corrected chi connectivity index (χ2v) is 4.55. The smallest absolute Gasteiger partial charge is 0.338 e. The van der Waals surface area contributed by atoms with Gasteiger partial charge in [-0.25, -0.2) is 4.79 Å². The zero-order chi connectivity index (χ0) is 15.5. The molecule has 0 saturated carbocycles. The van der Waals surface area contributed by atoms with E-state index in [-0.39, 0.29) is 11.9 Å². The summed E-state index contributed by atoms with van der Waals surface area (Å²) in [6.45, 7) is 5.11. The minimum Gasteiger partial charge on any atom is -0.466 e. The fourth-order valence-electron chi connectivity index (χ4n) is 1.69. The highest BCUT2D eigenvalue weighted by molar-refractivity contribution is 5.90. The van der Waals surface area contributed by atoms with Crippen molar-refractivity contribution in [1.82, 2.24) is 0 Å². The number of hydrogen-bond acceptors (Lipinski definition) is 5. The maximum atomic E-state index is 11.8. The molecule has 0 atom stereocenters. The molecule has 0 heterocycles. The molecule has 0 aromatic heterocycles. The van der Waals surface area contributed by atoms with Gasteiger partial charge in [0, 0.05) is 12.2 Å². The SMILES string of the molecule is CCCCOC(=O)c1cccc(NCCC(=O)OCC)c1. The van der Waals surface area contributed by atoms with Crippen LogP contribution in [0.25, 0.3) is 0 Å². The van der Waals surface area contributed by atoms with E-state index in [1.807, 2.05) is 13.0 Å². The minimum absolute atomic E-state index is 0.236. The summed E-state index contributed by atoms with van der Waals surface area (Å²) >= 11 is 0. The highest BCUT2D eigenvalue weighted by Gasteiger charge is 2.07. The number of carbonyl (C=O) groups excluding carboxylic acids is 2. The first-order valence-corrected chi connectivity index (χ1v) is 7.34. The fraction of sp³-hybridized carbons (Fsp3) is 0.500. The van der Waals surface area contributed by atoms with Crippen LogP contribution in [-0.4, -0.2) is 31.7 Å². The molecule has 0 spiro atoms. The van der Waals surface area contributed by atoms with Gasteiger partial charge >= 0.3 is 11.9 Å². The van der Waals surface area contributed by atoms with Gasteiger partial charge in [-0.05, 0) is 31.5 Å². The van der Waals surface area contributed by atoms with E-state index in [1.165, 1.54) is 0 Å². The Labute approximate surface area is 125 Å². The van der Waals surface area contributed by atoms with E-state index in [2.05, 4.69) is 5.32 Å². The third-order valence-electron chi connectivity index (χ3n) is 2.79. The number of anilines is 1. The fourth-order valence-corrected chi connectivity index (χ4v) is 1.69. The molecule has 0 aliphatic heterocycles. The predicted octanol–water partition coefficient (Wildman–Crippen LogP) is 3.01. The molecule has 0 fully saturated rings. The van der Waals surface area contributed by atoms with Crippen LogP contribution in [-0.2, 0) is 14.3 Å². The summed E-state index contributed by atoms with van der Waals surface area (Å²) in [4.78, 5) is 23.0. The molecule has 5 heteroatoms. The summed E-state index contributed by atoms with van der Waals surface area (Å²) in [6.07, 6.45) is 2.14. The largest absolute Gasteiger partial charge is 0.466 e. The van der Waals surface area contributed by atoms with Crippen molar-refractivity contribution >= 4 is 17.6 Å². The van der Waals surface area contributed by atoms with Crippen LogP contribution in [0, 0.1) is 0 Å². The number of nitrogens with one attached hydrogen (secondary N) is 1. The Morgan fingerprint density at radius 3 is 2.71 bits per heavy atom. The summed E-state index contributed by atoms with van der Waals surface area (Å²) in [6, 6.07) is 7.06. The Hall–Kier alpha value is -2.04. The average molecular weight is 293 g/mol. The monoisotopic (exact) mass is 293 g/mol. The zero-order valence-corrected chi connectivity index (χ0v) is 12.7. The van der Waals surface area contributed by atoms with Crippen LogP contribution >= 0.6 is 0 Å². The third kappa shape index (κ3) is 6.79. The van der Waals surface area contributed by atoms with E-state index in [4.69, 9.17) is 9.47 Å². The normalized spacial score (nSPS) is 10.0. The van der Waals surface area contributed by atoms with Gasteiger partial charge in [-0.3, -0.25) is 4.79 Å². The van der Waals surface area contributed by atoms with Gasteiger partial charge in [0.2, 0.25) is 0 Å². The first kappa shape index (κ1) is 17.0. The molecule has 0 amide bonds. The molecule has 0 unspecified atom stereocenters. The van der Waals surface area contributed by atoms with Gasteiger partial charge in [0.25, 0.3) is 0 Å². The van der Waals surface area contributed by atoms with Crippen molar-refractivity contribution in [3.05, 3.63) is 29.8 Å². The summed E-state index contributed by atoms with van der Waals surface area (Å²) in [5, 5.41) is 3.09. The van der Waals surface area contributed by atoms with Crippen LogP contribution in [0.1, 0.15) is 43.5 Å². The number of hydrogen-bond donors (Lipinski definition) is 1. The topological polar surface area (TPSA) is 64.6 Å². The summed E-state index contributed by atoms with van der Waals surface area (Å²) in [5.74, 6) is -0.558. The first-order chi connectivity index (χ1) is 10.2. The van der Waals surface area contributed by atoms with Crippen LogP contribution in [0.5, 0.6) is 0 Å². The van der Waals surface area contributed by atoms with E-state index < -0.39 is 0 Å². The van der Waals surface area contributed by atoms with Crippen molar-refractivity contribution in [2.75, 3.05) is 25.1 Å². The molecule has 0 aliphatic carbocycles. The van der Waals surface area contributed by atoms with Gasteiger partial charge in [0.1, 0.15) is 0 Å². The van der Waals surface area contributed by atoms with Crippen molar-refractivity contribution in [1.29, 1.82) is 0 Å². The van der Waals surface area contributed by atoms with Crippen molar-refractivity contribution in [3.63, 3.8) is 0 Å². The van der Waals surface area contributed by atoms with Crippen LogP contribution in [0.2, 0.25) is 0 Å². The molecule has 1 N–H and O–H groups in total. The van der Waals surface area contributed by atoms with Gasteiger partial charge in [0.05, 0.1) is 25.2 Å². The van der Waals surface area contributed by atoms with E-state index in [0.717, 1.165) is 18.5 Å². The van der Waals surface area contributed by atoms with Crippen molar-refractivity contribution in [2.24, 2.45) is 0 Å². The molecule has 116 valence electrons. The molecular weight excluding hydrogens is 270 g/mol. The van der Waals surface area contributed by atoms with E-state index in [9.17, 15) is 9.59 Å². The Kier molecular flexibility index (Phi) is 7.94. The number of ether oxygens (including phenoxy) is 2. The van der Waals surface area contributed by atoms with E-state index >= 15 is 0 Å². The van der Waals surface area contributed by atoms with Gasteiger partial charge in [-0.1, -0.05) is 19.4 Å². The Bertz CT molecular complexity index is 459. The Morgan fingerprint density at radius 2 is 2.00 bits per heavy atom. The zero-order valence-electron chi connectivity index (χ0n) is 12.7. The predicted molar refractivity (Wildman–Crippen MR) is 81.4 cm³/mol. The second kappa shape index (κ2) is 9.80. The lowest BCUT2D eigenvalue weighted by Crippen LogP contribution is -2.12. The van der Waals surface area contributed by atoms with E-state index in [1.54, 1.807) is 25.1 Å². The van der Waals surface area contributed by atoms with Crippen molar-refractivity contribution < 1.29 is 19.1 Å². The van der Waals surface area contributed by atoms with Crippen molar-refractivity contribution in [3.8, 4) is 0 Å². The number of rotatable bonds is 9. The molecular formula is C16H23NO4.